The van der Waals surface area contributed by atoms with Crippen molar-refractivity contribution in [3.05, 3.63) is 180 Å². The Morgan fingerprint density at radius 2 is 0.776 bits per heavy atom. The third kappa shape index (κ3) is 5.88. The van der Waals surface area contributed by atoms with E-state index in [1.165, 1.54) is 0 Å². The molecule has 0 saturated heterocycles. The number of rotatable bonds is 10. The lowest BCUT2D eigenvalue weighted by Gasteiger charge is -2.31. The Labute approximate surface area is 291 Å². The van der Waals surface area contributed by atoms with Gasteiger partial charge >= 0.3 is 0 Å². The summed E-state index contributed by atoms with van der Waals surface area (Å²) in [5.41, 5.74) is 4.08. The van der Waals surface area contributed by atoms with Crippen LogP contribution in [0.3, 0.4) is 0 Å². The summed E-state index contributed by atoms with van der Waals surface area (Å²) in [5, 5.41) is 4.56. The van der Waals surface area contributed by atoms with Gasteiger partial charge in [-0.25, -0.2) is 0 Å². The molecular weight excluding hydrogens is 642 g/mol. The molecule has 6 aromatic rings. The zero-order valence-corrected chi connectivity index (χ0v) is 29.4. The highest BCUT2D eigenvalue weighted by atomic mass is 31.1. The van der Waals surface area contributed by atoms with Crippen LogP contribution in [0, 0.1) is 0 Å². The smallest absolute Gasteiger partial charge is 0.231 e. The molecule has 6 aromatic carbocycles. The topological polar surface area (TPSA) is 36.9 Å². The fourth-order valence-corrected chi connectivity index (χ4v) is 10.5. The van der Waals surface area contributed by atoms with E-state index in [2.05, 4.69) is 147 Å². The van der Waals surface area contributed by atoms with Gasteiger partial charge in [-0.3, -0.25) is 0 Å². The molecule has 2 atom stereocenters. The van der Waals surface area contributed by atoms with Crippen LogP contribution in [-0.4, -0.2) is 0 Å². The van der Waals surface area contributed by atoms with Gasteiger partial charge in [-0.1, -0.05) is 159 Å². The van der Waals surface area contributed by atoms with Crippen molar-refractivity contribution >= 4 is 37.5 Å². The van der Waals surface area contributed by atoms with Crippen molar-refractivity contribution in [2.45, 2.75) is 44.7 Å². The average Bonchev–Trinajstić information content (AvgIpc) is 3.68. The van der Waals surface area contributed by atoms with E-state index in [0.717, 1.165) is 67.8 Å². The number of benzene rings is 6. The Kier molecular flexibility index (Phi) is 9.06. The highest BCUT2D eigenvalue weighted by Crippen LogP contribution is 2.63. The highest BCUT2D eigenvalue weighted by molar-refractivity contribution is 7.69. The number of hydrogen-bond acceptors (Lipinski definition) is 4. The number of fused-ring (bicyclic) bond motifs is 4. The summed E-state index contributed by atoms with van der Waals surface area (Å²) in [4.78, 5) is 0. The number of hydrogen-bond donors (Lipinski definition) is 0. The van der Waals surface area contributed by atoms with Crippen molar-refractivity contribution < 1.29 is 18.5 Å². The molecule has 6 heteroatoms. The van der Waals surface area contributed by atoms with Crippen molar-refractivity contribution in [1.29, 1.82) is 0 Å². The largest absolute Gasteiger partial charge is 0.464 e. The van der Waals surface area contributed by atoms with E-state index in [0.29, 0.717) is 0 Å². The quantitative estimate of drug-likeness (QED) is 0.135. The first-order chi connectivity index (χ1) is 24.2. The lowest BCUT2D eigenvalue weighted by molar-refractivity contribution is -0.236. The van der Waals surface area contributed by atoms with Gasteiger partial charge in [-0.05, 0) is 36.1 Å². The predicted molar refractivity (Wildman–Crippen MR) is 201 cm³/mol. The van der Waals surface area contributed by atoms with Gasteiger partial charge in [0, 0.05) is 21.2 Å². The molecule has 0 bridgehead atoms. The molecule has 0 amide bonds. The Morgan fingerprint density at radius 3 is 1.08 bits per heavy atom. The van der Waals surface area contributed by atoms with E-state index < -0.39 is 22.1 Å². The minimum absolute atomic E-state index is 0.167. The first-order valence-electron chi connectivity index (χ1n) is 17.0. The molecule has 0 aliphatic carbocycles. The standard InChI is InChI=1S/C43H38O4P2/c1-3-37-35-27-17-29-39(46-48(31-19-9-5-10-20-31)32-21-11-6-12-22-32)41(35)43(44-37)42-36(38(4-2)45-43)28-18-30-40(42)47-49(33-23-13-7-14-24-33)34-25-15-8-16-26-34/h5-30,37-38H,3-4H2,1-2H3/t37-,38-,43?/m0/s1. The van der Waals surface area contributed by atoms with Crippen LogP contribution < -0.4 is 30.3 Å². The molecule has 0 unspecified atom stereocenters. The van der Waals surface area contributed by atoms with Crippen molar-refractivity contribution in [2.75, 3.05) is 0 Å². The lowest BCUT2D eigenvalue weighted by Crippen LogP contribution is -2.29. The van der Waals surface area contributed by atoms with Gasteiger partial charge in [0.15, 0.2) is 16.3 Å². The monoisotopic (exact) mass is 680 g/mol. The molecule has 0 radical (unpaired) electrons. The molecule has 0 fully saturated rings. The molecule has 1 spiro atoms. The minimum Gasteiger partial charge on any atom is -0.464 e. The molecule has 2 heterocycles. The van der Waals surface area contributed by atoms with Crippen LogP contribution in [0.15, 0.2) is 158 Å². The molecule has 2 aliphatic rings. The van der Waals surface area contributed by atoms with Crippen LogP contribution in [0.4, 0.5) is 0 Å². The van der Waals surface area contributed by atoms with Crippen LogP contribution in [0.5, 0.6) is 11.5 Å². The zero-order chi connectivity index (χ0) is 33.2. The van der Waals surface area contributed by atoms with E-state index in [-0.39, 0.29) is 12.2 Å². The van der Waals surface area contributed by atoms with Gasteiger partial charge in [0.05, 0.1) is 23.3 Å². The third-order valence-corrected chi connectivity index (χ3v) is 13.0. The van der Waals surface area contributed by atoms with E-state index >= 15 is 0 Å². The van der Waals surface area contributed by atoms with Crippen LogP contribution in [0.1, 0.15) is 61.2 Å². The van der Waals surface area contributed by atoms with Crippen LogP contribution in [0.2, 0.25) is 0 Å². The fourth-order valence-electron chi connectivity index (χ4n) is 6.97. The van der Waals surface area contributed by atoms with E-state index in [4.69, 9.17) is 18.5 Å². The first kappa shape index (κ1) is 31.9. The minimum atomic E-state index is -1.19. The maximum absolute atomic E-state index is 7.22. The fraction of sp³-hybridized carbons (Fsp3) is 0.163. The van der Waals surface area contributed by atoms with Gasteiger partial charge in [0.2, 0.25) is 5.79 Å². The van der Waals surface area contributed by atoms with Crippen LogP contribution >= 0.6 is 16.3 Å². The lowest BCUT2D eigenvalue weighted by atomic mass is 9.90. The average molecular weight is 681 g/mol. The first-order valence-corrected chi connectivity index (χ1v) is 19.5. The van der Waals surface area contributed by atoms with Crippen molar-refractivity contribution in [3.63, 3.8) is 0 Å². The highest BCUT2D eigenvalue weighted by Gasteiger charge is 2.57. The van der Waals surface area contributed by atoms with E-state index in [1.807, 2.05) is 24.3 Å². The molecule has 244 valence electrons. The molecular formula is C43H38O4P2. The summed E-state index contributed by atoms with van der Waals surface area (Å²) in [7, 11) is -2.37. The molecule has 2 aliphatic heterocycles. The maximum atomic E-state index is 7.22. The Morgan fingerprint density at radius 1 is 0.449 bits per heavy atom. The molecule has 0 N–H and O–H groups in total. The van der Waals surface area contributed by atoms with E-state index in [9.17, 15) is 0 Å². The van der Waals surface area contributed by atoms with Crippen LogP contribution in [-0.2, 0) is 15.3 Å². The summed E-state index contributed by atoms with van der Waals surface area (Å²) in [6.45, 7) is 4.34. The van der Waals surface area contributed by atoms with Crippen LogP contribution in [0.25, 0.3) is 0 Å². The number of ether oxygens (including phenoxy) is 2. The molecule has 0 saturated carbocycles. The second kappa shape index (κ2) is 13.9. The predicted octanol–water partition coefficient (Wildman–Crippen LogP) is 9.70. The van der Waals surface area contributed by atoms with Gasteiger partial charge in [-0.15, -0.1) is 0 Å². The summed E-state index contributed by atoms with van der Waals surface area (Å²) in [6.07, 6.45) is 1.26. The summed E-state index contributed by atoms with van der Waals surface area (Å²) >= 11 is 0. The summed E-state index contributed by atoms with van der Waals surface area (Å²) in [5.74, 6) is 0.360. The van der Waals surface area contributed by atoms with Gasteiger partial charge < -0.3 is 18.5 Å². The van der Waals surface area contributed by atoms with Gasteiger partial charge in [0.25, 0.3) is 0 Å². The zero-order valence-electron chi connectivity index (χ0n) is 27.6. The van der Waals surface area contributed by atoms with Gasteiger partial charge in [0.1, 0.15) is 11.5 Å². The summed E-state index contributed by atoms with van der Waals surface area (Å²) < 4.78 is 28.8. The SMILES string of the molecule is CC[C@@H]1OC2(O[C@@H](CC)c3cccc(OP(c4ccccc4)c4ccccc4)c32)c2c(OP(c3ccccc3)c3ccccc3)cccc21. The second-order valence-electron chi connectivity index (χ2n) is 12.2. The Hall–Kier alpha value is -4.30. The molecule has 8 rings (SSSR count). The molecule has 0 aromatic heterocycles. The van der Waals surface area contributed by atoms with Crippen molar-refractivity contribution in [2.24, 2.45) is 0 Å². The summed E-state index contributed by atoms with van der Waals surface area (Å²) in [6, 6.07) is 54.7. The normalized spacial score (nSPS) is 17.3. The van der Waals surface area contributed by atoms with E-state index in [1.54, 1.807) is 0 Å². The van der Waals surface area contributed by atoms with Gasteiger partial charge in [-0.2, -0.15) is 0 Å². The third-order valence-electron chi connectivity index (χ3n) is 9.17. The maximum Gasteiger partial charge on any atom is 0.231 e. The molecule has 49 heavy (non-hydrogen) atoms. The van der Waals surface area contributed by atoms with Crippen molar-refractivity contribution in [1.82, 2.24) is 0 Å². The Balaban J connectivity index is 1.30. The second-order valence-corrected chi connectivity index (χ2v) is 15.8. The molecule has 4 nitrogen and oxygen atoms in total. The van der Waals surface area contributed by atoms with Crippen molar-refractivity contribution in [3.8, 4) is 11.5 Å². The Bertz CT molecular complexity index is 1790.